The zero-order chi connectivity index (χ0) is 25.1. The van der Waals surface area contributed by atoms with Crippen LogP contribution in [0.25, 0.3) is 11.4 Å². The number of hydrogen-bond acceptors (Lipinski definition) is 8. The molecule has 1 aromatic carbocycles. The molecule has 0 saturated heterocycles. The van der Waals surface area contributed by atoms with Gasteiger partial charge in [0.25, 0.3) is 0 Å². The standard InChI is InChI=1S/C25H26N4O5S/c1-14-20(24(31)33-5)15(2)26-21(14)22(30)16(3)35-25-28-27-23(17-8-6-9-18(12-17)32-4)29(25)13-19-10-7-11-34-19/h6-12,16,26H,13H2,1-5H3. The summed E-state index contributed by atoms with van der Waals surface area (Å²) in [5.41, 5.74) is 2.76. The van der Waals surface area contributed by atoms with Crippen molar-refractivity contribution in [2.75, 3.05) is 14.2 Å². The molecule has 0 aliphatic heterocycles. The summed E-state index contributed by atoms with van der Waals surface area (Å²) in [6.07, 6.45) is 1.61. The Kier molecular flexibility index (Phi) is 7.11. The highest BCUT2D eigenvalue weighted by Crippen LogP contribution is 2.31. The molecule has 3 heterocycles. The lowest BCUT2D eigenvalue weighted by Crippen LogP contribution is -2.17. The van der Waals surface area contributed by atoms with Gasteiger partial charge in [-0.15, -0.1) is 10.2 Å². The van der Waals surface area contributed by atoms with Crippen molar-refractivity contribution in [2.45, 2.75) is 37.7 Å². The monoisotopic (exact) mass is 494 g/mol. The van der Waals surface area contributed by atoms with Crippen LogP contribution in [-0.4, -0.2) is 51.0 Å². The third kappa shape index (κ3) is 4.88. The predicted molar refractivity (Wildman–Crippen MR) is 131 cm³/mol. The van der Waals surface area contributed by atoms with E-state index in [-0.39, 0.29) is 5.78 Å². The minimum Gasteiger partial charge on any atom is -0.497 e. The minimum absolute atomic E-state index is 0.152. The number of furan rings is 1. The molecule has 1 atom stereocenters. The quantitative estimate of drug-likeness (QED) is 0.203. The van der Waals surface area contributed by atoms with Gasteiger partial charge in [-0.1, -0.05) is 23.9 Å². The Morgan fingerprint density at radius 1 is 1.17 bits per heavy atom. The third-order valence-corrected chi connectivity index (χ3v) is 6.74. The van der Waals surface area contributed by atoms with Crippen molar-refractivity contribution < 1.29 is 23.5 Å². The molecule has 0 spiro atoms. The Morgan fingerprint density at radius 2 is 1.97 bits per heavy atom. The number of benzene rings is 1. The number of nitrogens with zero attached hydrogens (tertiary/aromatic N) is 3. The molecule has 10 heteroatoms. The number of esters is 1. The second-order valence-electron chi connectivity index (χ2n) is 7.94. The maximum Gasteiger partial charge on any atom is 0.339 e. The van der Waals surface area contributed by atoms with Crippen LogP contribution in [0.1, 0.15) is 44.8 Å². The Balaban J connectivity index is 1.66. The number of Topliss-reactive ketones (excluding diaryl/α,β-unsaturated/α-hetero) is 1. The first-order valence-corrected chi connectivity index (χ1v) is 11.8. The molecule has 1 N–H and O–H groups in total. The number of H-pyrrole nitrogens is 1. The molecular formula is C25H26N4O5S. The van der Waals surface area contributed by atoms with Gasteiger partial charge >= 0.3 is 5.97 Å². The number of thioether (sulfide) groups is 1. The lowest BCUT2D eigenvalue weighted by atomic mass is 10.1. The fourth-order valence-electron chi connectivity index (χ4n) is 3.87. The Morgan fingerprint density at radius 3 is 2.66 bits per heavy atom. The Hall–Kier alpha value is -3.79. The summed E-state index contributed by atoms with van der Waals surface area (Å²) in [4.78, 5) is 28.5. The average molecular weight is 495 g/mol. The zero-order valence-corrected chi connectivity index (χ0v) is 20.9. The first-order chi connectivity index (χ1) is 16.8. The van der Waals surface area contributed by atoms with Crippen molar-refractivity contribution in [3.63, 3.8) is 0 Å². The number of nitrogens with one attached hydrogen (secondary N) is 1. The van der Waals surface area contributed by atoms with Crippen LogP contribution < -0.4 is 4.74 Å². The number of aryl methyl sites for hydroxylation is 1. The van der Waals surface area contributed by atoms with E-state index in [2.05, 4.69) is 15.2 Å². The van der Waals surface area contributed by atoms with E-state index in [0.29, 0.717) is 45.8 Å². The maximum atomic E-state index is 13.3. The van der Waals surface area contributed by atoms with E-state index in [1.54, 1.807) is 34.1 Å². The van der Waals surface area contributed by atoms with E-state index < -0.39 is 11.2 Å². The van der Waals surface area contributed by atoms with Gasteiger partial charge < -0.3 is 18.9 Å². The summed E-state index contributed by atoms with van der Waals surface area (Å²) >= 11 is 1.29. The van der Waals surface area contributed by atoms with E-state index >= 15 is 0 Å². The van der Waals surface area contributed by atoms with Crippen molar-refractivity contribution in [1.82, 2.24) is 19.7 Å². The van der Waals surface area contributed by atoms with Gasteiger partial charge in [-0.05, 0) is 50.6 Å². The molecule has 35 heavy (non-hydrogen) atoms. The van der Waals surface area contributed by atoms with Crippen LogP contribution >= 0.6 is 11.8 Å². The lowest BCUT2D eigenvalue weighted by molar-refractivity contribution is 0.0599. The van der Waals surface area contributed by atoms with Crippen LogP contribution in [0.5, 0.6) is 5.75 Å². The summed E-state index contributed by atoms with van der Waals surface area (Å²) in [6, 6.07) is 11.2. The molecule has 0 fully saturated rings. The summed E-state index contributed by atoms with van der Waals surface area (Å²) in [7, 11) is 2.93. The topological polar surface area (TPSA) is 112 Å². The highest BCUT2D eigenvalue weighted by molar-refractivity contribution is 8.00. The van der Waals surface area contributed by atoms with E-state index in [4.69, 9.17) is 13.9 Å². The molecule has 0 radical (unpaired) electrons. The van der Waals surface area contributed by atoms with Crippen molar-refractivity contribution >= 4 is 23.5 Å². The van der Waals surface area contributed by atoms with Gasteiger partial charge in [0.15, 0.2) is 16.8 Å². The molecule has 0 aliphatic carbocycles. The molecule has 0 saturated carbocycles. The van der Waals surface area contributed by atoms with Crippen LogP contribution in [0, 0.1) is 13.8 Å². The number of aromatic amines is 1. The fourth-order valence-corrected chi connectivity index (χ4v) is 4.78. The van der Waals surface area contributed by atoms with Gasteiger partial charge in [0, 0.05) is 11.3 Å². The van der Waals surface area contributed by atoms with Crippen LogP contribution in [-0.2, 0) is 11.3 Å². The molecule has 4 aromatic rings. The zero-order valence-electron chi connectivity index (χ0n) is 20.1. The van der Waals surface area contributed by atoms with Crippen molar-refractivity contribution in [2.24, 2.45) is 0 Å². The Labute approximate surface area is 206 Å². The lowest BCUT2D eigenvalue weighted by Gasteiger charge is -2.13. The average Bonchev–Trinajstić information content (AvgIpc) is 3.58. The summed E-state index contributed by atoms with van der Waals surface area (Å²) in [5.74, 6) is 1.43. The van der Waals surface area contributed by atoms with Crippen molar-refractivity contribution in [1.29, 1.82) is 0 Å². The van der Waals surface area contributed by atoms with Crippen LogP contribution in [0.2, 0.25) is 0 Å². The normalized spacial score (nSPS) is 11.9. The maximum absolute atomic E-state index is 13.3. The number of hydrogen-bond donors (Lipinski definition) is 1. The number of carbonyl (C=O) groups excluding carboxylic acids is 2. The molecule has 1 unspecified atom stereocenters. The Bertz CT molecular complexity index is 1360. The molecule has 0 bridgehead atoms. The SMILES string of the molecule is COC(=O)c1c(C)[nH]c(C(=O)C(C)Sc2nnc(-c3cccc(OC)c3)n2Cc2ccco2)c1C. The second kappa shape index (κ2) is 10.2. The highest BCUT2D eigenvalue weighted by atomic mass is 32.2. The summed E-state index contributed by atoms with van der Waals surface area (Å²) in [5, 5.41) is 8.86. The van der Waals surface area contributed by atoms with E-state index in [0.717, 1.165) is 11.3 Å². The number of ether oxygens (including phenoxy) is 2. The second-order valence-corrected chi connectivity index (χ2v) is 9.25. The van der Waals surface area contributed by atoms with Gasteiger partial charge in [-0.3, -0.25) is 9.36 Å². The molecule has 3 aromatic heterocycles. The predicted octanol–water partition coefficient (Wildman–Crippen LogP) is 4.69. The molecule has 0 aliphatic rings. The van der Waals surface area contributed by atoms with Gasteiger partial charge in [0.1, 0.15) is 11.5 Å². The van der Waals surface area contributed by atoms with Gasteiger partial charge in [-0.2, -0.15) is 0 Å². The fraction of sp³-hybridized carbons (Fsp3) is 0.280. The molecule has 182 valence electrons. The molecule has 9 nitrogen and oxygen atoms in total. The minimum atomic E-state index is -0.505. The molecular weight excluding hydrogens is 468 g/mol. The molecule has 0 amide bonds. The number of rotatable bonds is 9. The first-order valence-electron chi connectivity index (χ1n) is 10.9. The number of methoxy groups -OCH3 is 2. The van der Waals surface area contributed by atoms with Gasteiger partial charge in [0.2, 0.25) is 0 Å². The first kappa shape index (κ1) is 24.3. The van der Waals surface area contributed by atoms with Crippen LogP contribution in [0.4, 0.5) is 0 Å². The highest BCUT2D eigenvalue weighted by Gasteiger charge is 2.28. The number of carbonyl (C=O) groups is 2. The van der Waals surface area contributed by atoms with Crippen LogP contribution in [0.15, 0.2) is 52.2 Å². The van der Waals surface area contributed by atoms with Crippen molar-refractivity contribution in [3.8, 4) is 17.1 Å². The van der Waals surface area contributed by atoms with E-state index in [1.807, 2.05) is 41.0 Å². The smallest absolute Gasteiger partial charge is 0.339 e. The van der Waals surface area contributed by atoms with Crippen LogP contribution in [0.3, 0.4) is 0 Å². The van der Waals surface area contributed by atoms with Gasteiger partial charge in [-0.25, -0.2) is 4.79 Å². The van der Waals surface area contributed by atoms with Gasteiger partial charge in [0.05, 0.1) is 43.5 Å². The number of aromatic nitrogens is 4. The summed E-state index contributed by atoms with van der Waals surface area (Å²) in [6.45, 7) is 5.68. The van der Waals surface area contributed by atoms with E-state index in [1.165, 1.54) is 18.9 Å². The number of ketones is 1. The summed E-state index contributed by atoms with van der Waals surface area (Å²) < 4.78 is 17.7. The molecule has 4 rings (SSSR count). The third-order valence-electron chi connectivity index (χ3n) is 5.66. The van der Waals surface area contributed by atoms with E-state index in [9.17, 15) is 9.59 Å². The largest absolute Gasteiger partial charge is 0.497 e. The van der Waals surface area contributed by atoms with Crippen molar-refractivity contribution in [3.05, 3.63) is 70.9 Å².